The van der Waals surface area contributed by atoms with Gasteiger partial charge in [-0.15, -0.1) is 0 Å². The molecule has 2 amide bonds. The molecule has 2 aliphatic rings. The van der Waals surface area contributed by atoms with E-state index in [4.69, 9.17) is 4.74 Å². The maximum Gasteiger partial charge on any atom is 0.245 e. The summed E-state index contributed by atoms with van der Waals surface area (Å²) in [7, 11) is 0. The molecule has 1 aliphatic carbocycles. The van der Waals surface area contributed by atoms with Gasteiger partial charge in [-0.25, -0.2) is 4.39 Å². The van der Waals surface area contributed by atoms with E-state index in [0.29, 0.717) is 13.2 Å². The van der Waals surface area contributed by atoms with Crippen LogP contribution in [-0.2, 0) is 14.3 Å². The highest BCUT2D eigenvalue weighted by molar-refractivity contribution is 5.87. The van der Waals surface area contributed by atoms with Crippen molar-refractivity contribution < 1.29 is 18.7 Å². The topological polar surface area (TPSA) is 58.6 Å². The average Bonchev–Trinajstić information content (AvgIpc) is 3.03. The number of amides is 2. The molecule has 130 valence electrons. The number of hydrogen-bond acceptors (Lipinski definition) is 3. The Labute approximate surface area is 141 Å². The Morgan fingerprint density at radius 2 is 2.00 bits per heavy atom. The lowest BCUT2D eigenvalue weighted by atomic mass is 9.94. The molecule has 1 aromatic carbocycles. The monoisotopic (exact) mass is 334 g/mol. The molecule has 0 bridgehead atoms. The number of carbonyl (C=O) groups excluding carboxylic acids is 2. The van der Waals surface area contributed by atoms with Crippen molar-refractivity contribution in [2.45, 2.75) is 44.2 Å². The highest BCUT2D eigenvalue weighted by Gasteiger charge is 2.35. The molecule has 3 rings (SSSR count). The Balaban J connectivity index is 1.68. The average molecular weight is 334 g/mol. The predicted molar refractivity (Wildman–Crippen MR) is 86.9 cm³/mol. The van der Waals surface area contributed by atoms with Gasteiger partial charge in [0.25, 0.3) is 0 Å². The fourth-order valence-electron chi connectivity index (χ4n) is 3.72. The first kappa shape index (κ1) is 16.9. The maximum atomic E-state index is 13.1. The van der Waals surface area contributed by atoms with Crippen LogP contribution >= 0.6 is 0 Å². The fraction of sp³-hybridized carbons (Fsp3) is 0.556. The van der Waals surface area contributed by atoms with Crippen LogP contribution in [0.1, 0.15) is 37.7 Å². The zero-order valence-electron chi connectivity index (χ0n) is 13.8. The van der Waals surface area contributed by atoms with E-state index in [0.717, 1.165) is 24.8 Å². The van der Waals surface area contributed by atoms with Gasteiger partial charge in [-0.05, 0) is 30.5 Å². The summed E-state index contributed by atoms with van der Waals surface area (Å²) in [5.41, 5.74) is 1.04. The van der Waals surface area contributed by atoms with Crippen molar-refractivity contribution >= 4 is 11.8 Å². The SMILES string of the molecule is CC(=O)N1CCOC[C@@H]1C(=O)N[C@H]1CCC[C@@H]1c1ccc(F)cc1. The lowest BCUT2D eigenvalue weighted by Gasteiger charge is -2.35. The number of rotatable bonds is 3. The number of carbonyl (C=O) groups is 2. The maximum absolute atomic E-state index is 13.1. The molecule has 1 aliphatic heterocycles. The summed E-state index contributed by atoms with van der Waals surface area (Å²) >= 11 is 0. The van der Waals surface area contributed by atoms with E-state index in [-0.39, 0.29) is 36.2 Å². The molecule has 0 unspecified atom stereocenters. The van der Waals surface area contributed by atoms with E-state index in [1.54, 1.807) is 17.0 Å². The lowest BCUT2D eigenvalue weighted by Crippen LogP contribution is -2.57. The third-order valence-electron chi connectivity index (χ3n) is 4.98. The van der Waals surface area contributed by atoms with E-state index in [1.165, 1.54) is 19.1 Å². The Morgan fingerprint density at radius 3 is 2.71 bits per heavy atom. The first-order chi connectivity index (χ1) is 11.6. The smallest absolute Gasteiger partial charge is 0.245 e. The quantitative estimate of drug-likeness (QED) is 0.917. The minimum atomic E-state index is -0.564. The standard InChI is InChI=1S/C18H23FN2O3/c1-12(22)21-9-10-24-11-17(21)18(23)20-16-4-2-3-15(16)13-5-7-14(19)8-6-13/h5-8,15-17H,2-4,9-11H2,1H3,(H,20,23)/t15-,16+,17-/m1/s1. The fourth-order valence-corrected chi connectivity index (χ4v) is 3.72. The number of benzene rings is 1. The van der Waals surface area contributed by atoms with E-state index in [2.05, 4.69) is 5.32 Å². The third kappa shape index (κ3) is 3.59. The van der Waals surface area contributed by atoms with Crippen LogP contribution in [0.15, 0.2) is 24.3 Å². The van der Waals surface area contributed by atoms with Gasteiger partial charge >= 0.3 is 0 Å². The van der Waals surface area contributed by atoms with Crippen molar-refractivity contribution in [2.75, 3.05) is 19.8 Å². The van der Waals surface area contributed by atoms with Gasteiger partial charge in [0.2, 0.25) is 11.8 Å². The van der Waals surface area contributed by atoms with Gasteiger partial charge in [-0.2, -0.15) is 0 Å². The molecule has 1 N–H and O–H groups in total. The van der Waals surface area contributed by atoms with E-state index in [9.17, 15) is 14.0 Å². The van der Waals surface area contributed by atoms with Gasteiger partial charge < -0.3 is 15.0 Å². The summed E-state index contributed by atoms with van der Waals surface area (Å²) < 4.78 is 18.5. The summed E-state index contributed by atoms with van der Waals surface area (Å²) in [5, 5.41) is 3.09. The summed E-state index contributed by atoms with van der Waals surface area (Å²) in [5.74, 6) is -0.345. The number of halogens is 1. The first-order valence-corrected chi connectivity index (χ1v) is 8.47. The molecule has 1 aromatic rings. The number of nitrogens with zero attached hydrogens (tertiary/aromatic N) is 1. The van der Waals surface area contributed by atoms with Crippen molar-refractivity contribution in [1.29, 1.82) is 0 Å². The molecule has 3 atom stereocenters. The van der Waals surface area contributed by atoms with Gasteiger partial charge in [0.15, 0.2) is 0 Å². The van der Waals surface area contributed by atoms with Gasteiger partial charge in [-0.1, -0.05) is 18.6 Å². The second-order valence-electron chi connectivity index (χ2n) is 6.51. The molecule has 6 heteroatoms. The van der Waals surface area contributed by atoms with E-state index in [1.807, 2.05) is 0 Å². The van der Waals surface area contributed by atoms with Crippen LogP contribution in [0, 0.1) is 5.82 Å². The molecule has 24 heavy (non-hydrogen) atoms. The Hall–Kier alpha value is -1.95. The van der Waals surface area contributed by atoms with Crippen LogP contribution in [0.4, 0.5) is 4.39 Å². The molecule has 2 fully saturated rings. The molecule has 0 spiro atoms. The lowest BCUT2D eigenvalue weighted by molar-refractivity contribution is -0.147. The third-order valence-corrected chi connectivity index (χ3v) is 4.98. The van der Waals surface area contributed by atoms with Gasteiger partial charge in [-0.3, -0.25) is 9.59 Å². The molecule has 0 radical (unpaired) electrons. The van der Waals surface area contributed by atoms with Gasteiger partial charge in [0.1, 0.15) is 11.9 Å². The largest absolute Gasteiger partial charge is 0.377 e. The van der Waals surface area contributed by atoms with Crippen LogP contribution in [0.3, 0.4) is 0 Å². The Kier molecular flexibility index (Phi) is 5.14. The minimum Gasteiger partial charge on any atom is -0.377 e. The molecule has 5 nitrogen and oxygen atoms in total. The number of ether oxygens (including phenoxy) is 1. The zero-order chi connectivity index (χ0) is 17.1. The number of hydrogen-bond donors (Lipinski definition) is 1. The van der Waals surface area contributed by atoms with E-state index >= 15 is 0 Å². The molecule has 1 saturated carbocycles. The summed E-state index contributed by atoms with van der Waals surface area (Å²) in [6, 6.07) is 5.94. The Morgan fingerprint density at radius 1 is 1.25 bits per heavy atom. The van der Waals surface area contributed by atoms with E-state index < -0.39 is 6.04 Å². The molecular weight excluding hydrogens is 311 g/mol. The second-order valence-corrected chi connectivity index (χ2v) is 6.51. The summed E-state index contributed by atoms with van der Waals surface area (Å²) in [4.78, 5) is 25.9. The molecule has 1 heterocycles. The molecule has 1 saturated heterocycles. The van der Waals surface area contributed by atoms with Crippen LogP contribution in [0.5, 0.6) is 0 Å². The predicted octanol–water partition coefficient (Wildman–Crippen LogP) is 1.83. The van der Waals surface area contributed by atoms with Crippen molar-refractivity contribution in [2.24, 2.45) is 0 Å². The normalized spacial score (nSPS) is 27.1. The van der Waals surface area contributed by atoms with Crippen molar-refractivity contribution in [3.63, 3.8) is 0 Å². The van der Waals surface area contributed by atoms with Crippen LogP contribution in [0.25, 0.3) is 0 Å². The zero-order valence-corrected chi connectivity index (χ0v) is 13.8. The Bertz CT molecular complexity index is 605. The first-order valence-electron chi connectivity index (χ1n) is 8.47. The summed E-state index contributed by atoms with van der Waals surface area (Å²) in [6.07, 6.45) is 2.88. The molecular formula is C18H23FN2O3. The minimum absolute atomic E-state index is 0.0127. The van der Waals surface area contributed by atoms with Crippen molar-refractivity contribution in [3.8, 4) is 0 Å². The van der Waals surface area contributed by atoms with Crippen LogP contribution in [0.2, 0.25) is 0 Å². The highest BCUT2D eigenvalue weighted by Crippen LogP contribution is 2.34. The van der Waals surface area contributed by atoms with Gasteiger partial charge in [0.05, 0.1) is 13.2 Å². The van der Waals surface area contributed by atoms with Crippen LogP contribution < -0.4 is 5.32 Å². The number of nitrogens with one attached hydrogen (secondary N) is 1. The van der Waals surface area contributed by atoms with Crippen molar-refractivity contribution in [3.05, 3.63) is 35.6 Å². The van der Waals surface area contributed by atoms with Crippen molar-refractivity contribution in [1.82, 2.24) is 10.2 Å². The van der Waals surface area contributed by atoms with Gasteiger partial charge in [0, 0.05) is 25.4 Å². The second kappa shape index (κ2) is 7.30. The highest BCUT2D eigenvalue weighted by atomic mass is 19.1. The van der Waals surface area contributed by atoms with Crippen LogP contribution in [-0.4, -0.2) is 48.6 Å². The summed E-state index contributed by atoms with van der Waals surface area (Å²) in [6.45, 7) is 2.62. The molecule has 0 aromatic heterocycles. The number of morpholine rings is 1.